The van der Waals surface area contributed by atoms with E-state index >= 15 is 0 Å². The number of alkyl halides is 3. The van der Waals surface area contributed by atoms with Crippen molar-refractivity contribution in [2.24, 2.45) is 0 Å². The fourth-order valence-corrected chi connectivity index (χ4v) is 2.64. The summed E-state index contributed by atoms with van der Waals surface area (Å²) in [6.07, 6.45) is -4.65. The average Bonchev–Trinajstić information content (AvgIpc) is 2.61. The quantitative estimate of drug-likeness (QED) is 0.693. The van der Waals surface area contributed by atoms with Gasteiger partial charge in [0.1, 0.15) is 0 Å². The van der Waals surface area contributed by atoms with Crippen molar-refractivity contribution in [3.05, 3.63) is 64.7 Å². The van der Waals surface area contributed by atoms with Crippen LogP contribution >= 0.6 is 11.6 Å². The van der Waals surface area contributed by atoms with Crippen LogP contribution in [0, 0.1) is 0 Å². The second kappa shape index (κ2) is 8.90. The summed E-state index contributed by atoms with van der Waals surface area (Å²) in [5.41, 5.74) is -0.706. The average molecular weight is 400 g/mol. The lowest BCUT2D eigenvalue weighted by Gasteiger charge is -2.15. The van der Waals surface area contributed by atoms with Crippen molar-refractivity contribution in [1.82, 2.24) is 0 Å². The van der Waals surface area contributed by atoms with E-state index in [-0.39, 0.29) is 17.4 Å². The summed E-state index contributed by atoms with van der Waals surface area (Å²) in [5, 5.41) is 1.80. The van der Waals surface area contributed by atoms with Crippen LogP contribution in [0.25, 0.3) is 0 Å². The van der Waals surface area contributed by atoms with Crippen molar-refractivity contribution in [2.45, 2.75) is 25.4 Å². The normalized spacial score (nSPS) is 12.3. The van der Waals surface area contributed by atoms with Crippen molar-refractivity contribution >= 4 is 29.2 Å². The number of halogens is 4. The molecule has 0 aromatic heterocycles. The maximum atomic E-state index is 13.0. The number of hydrogen-bond acceptors (Lipinski definition) is 3. The van der Waals surface area contributed by atoms with Crippen LogP contribution in [-0.4, -0.2) is 18.5 Å². The molecule has 0 aliphatic rings. The Labute approximate surface area is 159 Å². The highest BCUT2D eigenvalue weighted by Crippen LogP contribution is 2.38. The molecule has 1 atom stereocenters. The summed E-state index contributed by atoms with van der Waals surface area (Å²) in [6, 6.07) is 12.4. The second-order valence-electron chi connectivity index (χ2n) is 5.88. The molecular formula is C19H17ClF3NO3. The van der Waals surface area contributed by atoms with Crippen molar-refractivity contribution in [3.8, 4) is 0 Å². The molecule has 144 valence electrons. The van der Waals surface area contributed by atoms with Gasteiger partial charge in [-0.2, -0.15) is 13.2 Å². The number of ether oxygens (including phenoxy) is 1. The highest BCUT2D eigenvalue weighted by Gasteiger charge is 2.34. The van der Waals surface area contributed by atoms with Gasteiger partial charge < -0.3 is 10.1 Å². The van der Waals surface area contributed by atoms with E-state index < -0.39 is 35.9 Å². The van der Waals surface area contributed by atoms with Crippen LogP contribution in [0.3, 0.4) is 0 Å². The van der Waals surface area contributed by atoms with E-state index in [1.807, 2.05) is 37.3 Å². The van der Waals surface area contributed by atoms with Crippen molar-refractivity contribution < 1.29 is 27.5 Å². The predicted octanol–water partition coefficient (Wildman–Crippen LogP) is 5.03. The molecule has 4 nitrogen and oxygen atoms in total. The molecule has 27 heavy (non-hydrogen) atoms. The first kappa shape index (κ1) is 20.8. The number of esters is 1. The maximum absolute atomic E-state index is 13.0. The van der Waals surface area contributed by atoms with Gasteiger partial charge in [-0.3, -0.25) is 9.59 Å². The van der Waals surface area contributed by atoms with E-state index in [1.165, 1.54) is 6.07 Å². The molecule has 0 saturated carbocycles. The van der Waals surface area contributed by atoms with Gasteiger partial charge in [0.15, 0.2) is 6.61 Å². The van der Waals surface area contributed by atoms with Gasteiger partial charge in [-0.25, -0.2) is 0 Å². The fraction of sp³-hybridized carbons (Fsp3) is 0.263. The van der Waals surface area contributed by atoms with Gasteiger partial charge in [0.25, 0.3) is 5.91 Å². The first-order valence-corrected chi connectivity index (χ1v) is 8.42. The zero-order valence-corrected chi connectivity index (χ0v) is 15.1. The number of hydrogen-bond donors (Lipinski definition) is 1. The number of carbonyl (C=O) groups is 2. The van der Waals surface area contributed by atoms with Crippen LogP contribution < -0.4 is 5.32 Å². The van der Waals surface area contributed by atoms with E-state index in [1.54, 1.807) is 0 Å². The second-order valence-corrected chi connectivity index (χ2v) is 6.29. The number of rotatable bonds is 6. The van der Waals surface area contributed by atoms with Crippen LogP contribution in [0.5, 0.6) is 0 Å². The molecule has 0 spiro atoms. The van der Waals surface area contributed by atoms with Gasteiger partial charge in [0, 0.05) is 0 Å². The maximum Gasteiger partial charge on any atom is 0.418 e. The third kappa shape index (κ3) is 5.99. The van der Waals surface area contributed by atoms with Crippen LogP contribution in [0.2, 0.25) is 5.02 Å². The molecule has 1 N–H and O–H groups in total. The smallest absolute Gasteiger partial charge is 0.418 e. The largest absolute Gasteiger partial charge is 0.456 e. The Bertz CT molecular complexity index is 810. The molecule has 1 unspecified atom stereocenters. The van der Waals surface area contributed by atoms with Gasteiger partial charge >= 0.3 is 12.1 Å². The Balaban J connectivity index is 1.93. The fourth-order valence-electron chi connectivity index (χ4n) is 2.42. The molecule has 0 radical (unpaired) electrons. The Kier molecular flexibility index (Phi) is 6.85. The molecule has 0 fully saturated rings. The topological polar surface area (TPSA) is 55.4 Å². The minimum atomic E-state index is -4.69. The van der Waals surface area contributed by atoms with Crippen LogP contribution in [-0.2, 0) is 20.5 Å². The molecule has 2 rings (SSSR count). The Hall–Kier alpha value is -2.54. The lowest BCUT2D eigenvalue weighted by atomic mass is 9.98. The van der Waals surface area contributed by atoms with E-state index in [4.69, 9.17) is 16.3 Å². The third-order valence-corrected chi connectivity index (χ3v) is 4.10. The van der Waals surface area contributed by atoms with Gasteiger partial charge in [0.2, 0.25) is 0 Å². The third-order valence-electron chi connectivity index (χ3n) is 3.79. The Morgan fingerprint density at radius 2 is 1.78 bits per heavy atom. The number of anilines is 1. The van der Waals surface area contributed by atoms with Gasteiger partial charge in [-0.1, -0.05) is 54.9 Å². The summed E-state index contributed by atoms with van der Waals surface area (Å²) < 4.78 is 43.9. The SMILES string of the molecule is CC(CC(=O)OCC(=O)Nc1c(Cl)cccc1C(F)(F)F)c1ccccc1. The van der Waals surface area contributed by atoms with E-state index in [0.29, 0.717) is 0 Å². The molecule has 0 saturated heterocycles. The minimum Gasteiger partial charge on any atom is -0.456 e. The first-order valence-electron chi connectivity index (χ1n) is 8.04. The number of nitrogens with one attached hydrogen (secondary N) is 1. The van der Waals surface area contributed by atoms with Crippen molar-refractivity contribution in [2.75, 3.05) is 11.9 Å². The molecule has 0 aliphatic heterocycles. The lowest BCUT2D eigenvalue weighted by Crippen LogP contribution is -2.23. The molecular weight excluding hydrogens is 383 g/mol. The molecule has 0 aliphatic carbocycles. The van der Waals surface area contributed by atoms with Crippen LogP contribution in [0.1, 0.15) is 30.4 Å². The lowest BCUT2D eigenvalue weighted by molar-refractivity contribution is -0.147. The van der Waals surface area contributed by atoms with E-state index in [9.17, 15) is 22.8 Å². The van der Waals surface area contributed by atoms with Gasteiger partial charge in [-0.05, 0) is 23.6 Å². The highest BCUT2D eigenvalue weighted by molar-refractivity contribution is 6.34. The summed E-state index contributed by atoms with van der Waals surface area (Å²) in [5.74, 6) is -1.66. The highest BCUT2D eigenvalue weighted by atomic mass is 35.5. The number of para-hydroxylation sites is 1. The molecule has 2 aromatic carbocycles. The molecule has 1 amide bonds. The predicted molar refractivity (Wildman–Crippen MR) is 95.5 cm³/mol. The summed E-state index contributed by atoms with van der Waals surface area (Å²) in [4.78, 5) is 23.8. The summed E-state index contributed by atoms with van der Waals surface area (Å²) in [7, 11) is 0. The minimum absolute atomic E-state index is 0.0389. The molecule has 2 aromatic rings. The van der Waals surface area contributed by atoms with Crippen LogP contribution in [0.4, 0.5) is 18.9 Å². The molecule has 8 heteroatoms. The standard InChI is InChI=1S/C19H17ClF3NO3/c1-12(13-6-3-2-4-7-13)10-17(26)27-11-16(25)24-18-14(19(21,22)23)8-5-9-15(18)20/h2-9,12H,10-11H2,1H3,(H,24,25). The molecule has 0 heterocycles. The van der Waals surface area contributed by atoms with E-state index in [2.05, 4.69) is 5.32 Å². The zero-order valence-electron chi connectivity index (χ0n) is 14.3. The monoisotopic (exact) mass is 399 g/mol. The zero-order chi connectivity index (χ0) is 20.0. The molecule has 0 bridgehead atoms. The van der Waals surface area contributed by atoms with Gasteiger partial charge in [-0.15, -0.1) is 0 Å². The van der Waals surface area contributed by atoms with Gasteiger partial charge in [0.05, 0.1) is 22.7 Å². The number of benzene rings is 2. The summed E-state index contributed by atoms with van der Waals surface area (Å²) >= 11 is 5.76. The first-order chi connectivity index (χ1) is 12.7. The van der Waals surface area contributed by atoms with Crippen molar-refractivity contribution in [1.29, 1.82) is 0 Å². The summed E-state index contributed by atoms with van der Waals surface area (Å²) in [6.45, 7) is 1.12. The number of amides is 1. The Morgan fingerprint density at radius 1 is 1.11 bits per heavy atom. The number of carbonyl (C=O) groups excluding carboxylic acids is 2. The van der Waals surface area contributed by atoms with E-state index in [0.717, 1.165) is 17.7 Å². The Morgan fingerprint density at radius 3 is 2.41 bits per heavy atom. The van der Waals surface area contributed by atoms with Crippen LogP contribution in [0.15, 0.2) is 48.5 Å². The van der Waals surface area contributed by atoms with Crippen molar-refractivity contribution in [3.63, 3.8) is 0 Å².